The third-order valence-electron chi connectivity index (χ3n) is 5.64. The Labute approximate surface area is 182 Å². The molecule has 6 nitrogen and oxygen atoms in total. The monoisotopic (exact) mass is 416 g/mol. The minimum atomic E-state index is -0.0742. The largest absolute Gasteiger partial charge is 0.350 e. The van der Waals surface area contributed by atoms with Gasteiger partial charge in [-0.2, -0.15) is 5.10 Å². The Bertz CT molecular complexity index is 1060. The molecule has 0 saturated heterocycles. The molecule has 1 unspecified atom stereocenters. The molecule has 2 heterocycles. The summed E-state index contributed by atoms with van der Waals surface area (Å²) in [5, 5.41) is 7.52. The summed E-state index contributed by atoms with van der Waals surface area (Å²) in [7, 11) is 0. The highest BCUT2D eigenvalue weighted by atomic mass is 16.2. The van der Waals surface area contributed by atoms with Gasteiger partial charge in [0, 0.05) is 24.1 Å². The Morgan fingerprint density at radius 3 is 2.58 bits per heavy atom. The second kappa shape index (κ2) is 9.16. The van der Waals surface area contributed by atoms with Crippen LogP contribution < -0.4 is 10.2 Å². The maximum absolute atomic E-state index is 12.6. The highest BCUT2D eigenvalue weighted by molar-refractivity contribution is 5.95. The Kier molecular flexibility index (Phi) is 6.16. The number of nitrogens with zero attached hydrogens (tertiary/aromatic N) is 3. The van der Waals surface area contributed by atoms with Crippen molar-refractivity contribution in [1.82, 2.24) is 15.1 Å². The highest BCUT2D eigenvalue weighted by Crippen LogP contribution is 2.24. The van der Waals surface area contributed by atoms with Crippen LogP contribution in [-0.2, 0) is 24.3 Å². The lowest BCUT2D eigenvalue weighted by molar-refractivity contribution is -0.119. The molecule has 1 N–H and O–H groups in total. The van der Waals surface area contributed by atoms with E-state index >= 15 is 0 Å². The summed E-state index contributed by atoms with van der Waals surface area (Å²) in [4.78, 5) is 26.8. The maximum atomic E-state index is 12.6. The van der Waals surface area contributed by atoms with E-state index in [9.17, 15) is 9.59 Å². The van der Waals surface area contributed by atoms with Gasteiger partial charge in [-0.25, -0.2) is 4.68 Å². The first kappa shape index (κ1) is 20.8. The number of rotatable bonds is 7. The van der Waals surface area contributed by atoms with E-state index < -0.39 is 0 Å². The standard InChI is InChI=1S/C25H28N4O2/c1-18(8-9-20-6-4-3-5-7-20)26-25(31)22-12-10-21(11-13-22)17-28-23-16-19(2)27-29(23)15-14-24(28)30/h3-7,10-13,16,18H,8-9,14-15,17H2,1-2H3,(H,26,31). The van der Waals surface area contributed by atoms with Crippen LogP contribution in [0.3, 0.4) is 0 Å². The maximum Gasteiger partial charge on any atom is 0.251 e. The molecule has 1 aliphatic heterocycles. The van der Waals surface area contributed by atoms with E-state index in [0.717, 1.165) is 29.9 Å². The lowest BCUT2D eigenvalue weighted by Crippen LogP contribution is -2.37. The molecule has 2 amide bonds. The zero-order valence-electron chi connectivity index (χ0n) is 18.0. The van der Waals surface area contributed by atoms with Crippen LogP contribution in [0.15, 0.2) is 60.7 Å². The second-order valence-corrected chi connectivity index (χ2v) is 8.19. The van der Waals surface area contributed by atoms with Gasteiger partial charge in [-0.1, -0.05) is 42.5 Å². The summed E-state index contributed by atoms with van der Waals surface area (Å²) in [5.74, 6) is 0.860. The molecule has 3 aromatic rings. The number of anilines is 1. The SMILES string of the molecule is Cc1cc2n(n1)CCC(=O)N2Cc1ccc(C(=O)NC(C)CCc2ccccc2)cc1. The van der Waals surface area contributed by atoms with Crippen molar-refractivity contribution >= 4 is 17.6 Å². The van der Waals surface area contributed by atoms with Crippen molar-refractivity contribution in [3.8, 4) is 0 Å². The van der Waals surface area contributed by atoms with Gasteiger partial charge >= 0.3 is 0 Å². The average Bonchev–Trinajstić information content (AvgIpc) is 3.16. The topological polar surface area (TPSA) is 67.2 Å². The number of hydrogen-bond acceptors (Lipinski definition) is 3. The number of aromatic nitrogens is 2. The molecule has 6 heteroatoms. The molecule has 0 bridgehead atoms. The third-order valence-corrected chi connectivity index (χ3v) is 5.64. The molecule has 0 spiro atoms. The fraction of sp³-hybridized carbons (Fsp3) is 0.320. The Hall–Kier alpha value is -3.41. The summed E-state index contributed by atoms with van der Waals surface area (Å²) >= 11 is 0. The number of benzene rings is 2. The van der Waals surface area contributed by atoms with E-state index in [1.165, 1.54) is 5.56 Å². The molecule has 0 aliphatic carbocycles. The van der Waals surface area contributed by atoms with Crippen LogP contribution in [0, 0.1) is 6.92 Å². The molecule has 0 fully saturated rings. The van der Waals surface area contributed by atoms with Crippen LogP contribution in [0.5, 0.6) is 0 Å². The predicted octanol–water partition coefficient (Wildman–Crippen LogP) is 3.88. The number of aryl methyl sites for hydroxylation is 3. The number of carbonyl (C=O) groups is 2. The van der Waals surface area contributed by atoms with E-state index in [4.69, 9.17) is 0 Å². The number of amides is 2. The fourth-order valence-corrected chi connectivity index (χ4v) is 3.90. The van der Waals surface area contributed by atoms with Crippen molar-refractivity contribution in [3.05, 3.63) is 83.0 Å². The fourth-order valence-electron chi connectivity index (χ4n) is 3.90. The van der Waals surface area contributed by atoms with Crippen molar-refractivity contribution in [1.29, 1.82) is 0 Å². The lowest BCUT2D eigenvalue weighted by Gasteiger charge is -2.27. The number of fused-ring (bicyclic) bond motifs is 1. The van der Waals surface area contributed by atoms with Gasteiger partial charge < -0.3 is 5.32 Å². The van der Waals surface area contributed by atoms with E-state index in [1.807, 2.05) is 67.1 Å². The summed E-state index contributed by atoms with van der Waals surface area (Å²) in [5.41, 5.74) is 3.79. The first-order chi connectivity index (χ1) is 15.0. The van der Waals surface area contributed by atoms with E-state index in [2.05, 4.69) is 22.5 Å². The molecule has 2 aromatic carbocycles. The Morgan fingerprint density at radius 2 is 1.84 bits per heavy atom. The first-order valence-electron chi connectivity index (χ1n) is 10.8. The zero-order chi connectivity index (χ0) is 21.8. The van der Waals surface area contributed by atoms with Gasteiger partial charge in [-0.3, -0.25) is 14.5 Å². The molecule has 1 aromatic heterocycles. The van der Waals surface area contributed by atoms with Crippen LogP contribution >= 0.6 is 0 Å². The molecular formula is C25H28N4O2. The molecule has 1 atom stereocenters. The summed E-state index contributed by atoms with van der Waals surface area (Å²) < 4.78 is 1.88. The molecule has 31 heavy (non-hydrogen) atoms. The van der Waals surface area contributed by atoms with Gasteiger partial charge in [-0.05, 0) is 49.9 Å². The normalized spacial score (nSPS) is 14.3. The van der Waals surface area contributed by atoms with Gasteiger partial charge in [0.15, 0.2) is 0 Å². The van der Waals surface area contributed by atoms with Gasteiger partial charge in [-0.15, -0.1) is 0 Å². The van der Waals surface area contributed by atoms with Gasteiger partial charge in [0.05, 0.1) is 18.8 Å². The van der Waals surface area contributed by atoms with Crippen LogP contribution in [0.1, 0.15) is 46.9 Å². The molecule has 0 saturated carbocycles. The van der Waals surface area contributed by atoms with E-state index in [1.54, 1.807) is 4.90 Å². The average molecular weight is 417 g/mol. The van der Waals surface area contributed by atoms with Crippen LogP contribution in [-0.4, -0.2) is 27.6 Å². The number of carbonyl (C=O) groups excluding carboxylic acids is 2. The van der Waals surface area contributed by atoms with Crippen LogP contribution in [0.4, 0.5) is 5.82 Å². The molecule has 160 valence electrons. The quantitative estimate of drug-likeness (QED) is 0.636. The van der Waals surface area contributed by atoms with Crippen LogP contribution in [0.25, 0.3) is 0 Å². The summed E-state index contributed by atoms with van der Waals surface area (Å²) in [6.07, 6.45) is 2.27. The van der Waals surface area contributed by atoms with Crippen LogP contribution in [0.2, 0.25) is 0 Å². The van der Waals surface area contributed by atoms with E-state index in [0.29, 0.717) is 25.1 Å². The van der Waals surface area contributed by atoms with Gasteiger partial charge in [0.25, 0.3) is 5.91 Å². The highest BCUT2D eigenvalue weighted by Gasteiger charge is 2.25. The molecule has 4 rings (SSSR count). The first-order valence-corrected chi connectivity index (χ1v) is 10.8. The number of hydrogen-bond donors (Lipinski definition) is 1. The van der Waals surface area contributed by atoms with Crippen molar-refractivity contribution in [2.24, 2.45) is 0 Å². The summed E-state index contributed by atoms with van der Waals surface area (Å²) in [6.45, 7) is 5.06. The molecule has 0 radical (unpaired) electrons. The van der Waals surface area contributed by atoms with E-state index in [-0.39, 0.29) is 17.9 Å². The minimum Gasteiger partial charge on any atom is -0.350 e. The molecular weight excluding hydrogens is 388 g/mol. The zero-order valence-corrected chi connectivity index (χ0v) is 18.0. The van der Waals surface area contributed by atoms with Crippen molar-refractivity contribution < 1.29 is 9.59 Å². The van der Waals surface area contributed by atoms with Crippen molar-refractivity contribution in [2.45, 2.75) is 52.2 Å². The Morgan fingerprint density at radius 1 is 1.10 bits per heavy atom. The van der Waals surface area contributed by atoms with Gasteiger partial charge in [0.1, 0.15) is 5.82 Å². The third kappa shape index (κ3) is 5.02. The number of nitrogens with one attached hydrogen (secondary N) is 1. The van der Waals surface area contributed by atoms with Crippen molar-refractivity contribution in [2.75, 3.05) is 4.90 Å². The van der Waals surface area contributed by atoms with Gasteiger partial charge in [0.2, 0.25) is 5.91 Å². The Balaban J connectivity index is 1.34. The lowest BCUT2D eigenvalue weighted by atomic mass is 10.1. The van der Waals surface area contributed by atoms with Crippen molar-refractivity contribution in [3.63, 3.8) is 0 Å². The predicted molar refractivity (Wildman–Crippen MR) is 121 cm³/mol. The smallest absolute Gasteiger partial charge is 0.251 e. The second-order valence-electron chi connectivity index (χ2n) is 8.19. The minimum absolute atomic E-state index is 0.0742. The molecule has 1 aliphatic rings. The summed E-state index contributed by atoms with van der Waals surface area (Å²) in [6, 6.07) is 19.8.